The number of aromatic nitrogens is 3. The number of rotatable bonds is 6. The first kappa shape index (κ1) is 13.9. The molecule has 2 N–H and O–H groups in total. The number of thioether (sulfide) groups is 1. The molecule has 0 atom stereocenters. The van der Waals surface area contributed by atoms with Gasteiger partial charge in [0.1, 0.15) is 5.82 Å². The Labute approximate surface area is 114 Å². The highest BCUT2D eigenvalue weighted by molar-refractivity contribution is 7.99. The van der Waals surface area contributed by atoms with Gasteiger partial charge >= 0.3 is 0 Å². The molecule has 1 saturated carbocycles. The molecule has 0 saturated heterocycles. The van der Waals surface area contributed by atoms with Crippen molar-refractivity contribution in [2.75, 3.05) is 12.3 Å². The molecule has 18 heavy (non-hydrogen) atoms. The number of quaternary nitrogens is 1. The molecule has 0 amide bonds. The summed E-state index contributed by atoms with van der Waals surface area (Å²) >= 11 is 1.76. The van der Waals surface area contributed by atoms with Gasteiger partial charge in [-0.25, -0.2) is 0 Å². The highest BCUT2D eigenvalue weighted by atomic mass is 32.2. The first-order valence-corrected chi connectivity index (χ1v) is 8.14. The monoisotopic (exact) mass is 269 g/mol. The minimum Gasteiger partial charge on any atom is -0.343 e. The molecular weight excluding hydrogens is 244 g/mol. The largest absolute Gasteiger partial charge is 0.343 e. The summed E-state index contributed by atoms with van der Waals surface area (Å²) in [4.78, 5) is 0. The fourth-order valence-corrected chi connectivity index (χ4v) is 3.29. The fraction of sp³-hybridized carbons (Fsp3) is 0.846. The van der Waals surface area contributed by atoms with Crippen LogP contribution >= 0.6 is 11.8 Å². The van der Waals surface area contributed by atoms with E-state index in [4.69, 9.17) is 0 Å². The van der Waals surface area contributed by atoms with Crippen LogP contribution < -0.4 is 5.32 Å². The Kier molecular flexibility index (Phi) is 5.50. The lowest BCUT2D eigenvalue weighted by molar-refractivity contribution is -0.691. The van der Waals surface area contributed by atoms with Gasteiger partial charge in [0.05, 0.1) is 19.0 Å². The Morgan fingerprint density at radius 2 is 2.06 bits per heavy atom. The van der Waals surface area contributed by atoms with Crippen molar-refractivity contribution in [3.05, 3.63) is 5.82 Å². The molecule has 102 valence electrons. The van der Waals surface area contributed by atoms with Gasteiger partial charge in [0.2, 0.25) is 0 Å². The summed E-state index contributed by atoms with van der Waals surface area (Å²) in [7, 11) is 2.08. The normalized spacial score (nSPS) is 17.2. The third-order valence-corrected chi connectivity index (χ3v) is 4.62. The number of hydrogen-bond donors (Lipinski definition) is 1. The molecule has 1 heterocycles. The number of nitrogens with two attached hydrogens (primary N) is 1. The van der Waals surface area contributed by atoms with E-state index in [-0.39, 0.29) is 0 Å². The van der Waals surface area contributed by atoms with E-state index in [0.717, 1.165) is 35.7 Å². The summed E-state index contributed by atoms with van der Waals surface area (Å²) in [6, 6.07) is 0.858. The van der Waals surface area contributed by atoms with Crippen LogP contribution in [0.3, 0.4) is 0 Å². The van der Waals surface area contributed by atoms with E-state index in [1.54, 1.807) is 11.8 Å². The lowest BCUT2D eigenvalue weighted by atomic mass is 9.95. The summed E-state index contributed by atoms with van der Waals surface area (Å²) in [5, 5.41) is 12.1. The zero-order valence-corrected chi connectivity index (χ0v) is 12.4. The third-order valence-electron chi connectivity index (χ3n) is 3.72. The SMILES string of the molecule is CCSc1nnc(CC[NH2+]C2CCCCC2)n1C. The average molecular weight is 269 g/mol. The Bertz CT molecular complexity index is 358. The third kappa shape index (κ3) is 3.72. The first-order chi connectivity index (χ1) is 8.81. The molecule has 5 heteroatoms. The van der Waals surface area contributed by atoms with Gasteiger partial charge in [-0.3, -0.25) is 0 Å². The van der Waals surface area contributed by atoms with E-state index in [1.165, 1.54) is 32.1 Å². The van der Waals surface area contributed by atoms with Crippen molar-refractivity contribution in [3.8, 4) is 0 Å². The van der Waals surface area contributed by atoms with E-state index in [2.05, 4.69) is 34.1 Å². The molecule has 1 aromatic rings. The molecule has 2 rings (SSSR count). The molecule has 0 unspecified atom stereocenters. The van der Waals surface area contributed by atoms with Crippen LogP contribution in [0.25, 0.3) is 0 Å². The molecule has 1 aliphatic carbocycles. The van der Waals surface area contributed by atoms with Crippen LogP contribution in [-0.2, 0) is 13.5 Å². The molecule has 0 aromatic carbocycles. The van der Waals surface area contributed by atoms with E-state index < -0.39 is 0 Å². The maximum atomic E-state index is 4.29. The first-order valence-electron chi connectivity index (χ1n) is 7.15. The topological polar surface area (TPSA) is 47.3 Å². The lowest BCUT2D eigenvalue weighted by Crippen LogP contribution is -2.90. The molecular formula is C13H25N4S+. The Balaban J connectivity index is 1.75. The second-order valence-electron chi connectivity index (χ2n) is 5.06. The van der Waals surface area contributed by atoms with Crippen LogP contribution in [0, 0.1) is 0 Å². The van der Waals surface area contributed by atoms with Crippen molar-refractivity contribution < 1.29 is 5.32 Å². The van der Waals surface area contributed by atoms with Crippen LogP contribution in [0.1, 0.15) is 44.9 Å². The van der Waals surface area contributed by atoms with Crippen molar-refractivity contribution in [1.29, 1.82) is 0 Å². The van der Waals surface area contributed by atoms with Gasteiger partial charge in [-0.2, -0.15) is 0 Å². The van der Waals surface area contributed by atoms with Crippen LogP contribution in [0.15, 0.2) is 5.16 Å². The summed E-state index contributed by atoms with van der Waals surface area (Å²) in [5.74, 6) is 2.18. The zero-order valence-electron chi connectivity index (χ0n) is 11.6. The lowest BCUT2D eigenvalue weighted by Gasteiger charge is -2.19. The standard InChI is InChI=1S/C13H24N4S/c1-3-18-13-16-15-12(17(13)2)9-10-14-11-7-5-4-6-8-11/h11,14H,3-10H2,1-2H3/p+1. The van der Waals surface area contributed by atoms with Gasteiger partial charge in [-0.15, -0.1) is 10.2 Å². The smallest absolute Gasteiger partial charge is 0.190 e. The van der Waals surface area contributed by atoms with Gasteiger partial charge in [0, 0.05) is 7.05 Å². The Hall–Kier alpha value is -0.550. The zero-order chi connectivity index (χ0) is 12.8. The second kappa shape index (κ2) is 7.14. The van der Waals surface area contributed by atoms with Crippen molar-refractivity contribution in [2.24, 2.45) is 7.05 Å². The van der Waals surface area contributed by atoms with E-state index in [0.29, 0.717) is 0 Å². The van der Waals surface area contributed by atoms with Gasteiger partial charge < -0.3 is 9.88 Å². The van der Waals surface area contributed by atoms with E-state index in [1.807, 2.05) is 0 Å². The van der Waals surface area contributed by atoms with Crippen molar-refractivity contribution >= 4 is 11.8 Å². The summed E-state index contributed by atoms with van der Waals surface area (Å²) in [5.41, 5.74) is 0. The predicted octanol–water partition coefficient (Wildman–Crippen LogP) is 1.37. The van der Waals surface area contributed by atoms with Crippen LogP contribution in [0.4, 0.5) is 0 Å². The van der Waals surface area contributed by atoms with Crippen molar-refractivity contribution in [2.45, 2.75) is 56.6 Å². The number of hydrogen-bond acceptors (Lipinski definition) is 3. The highest BCUT2D eigenvalue weighted by Crippen LogP contribution is 2.15. The molecule has 1 aromatic heterocycles. The maximum absolute atomic E-state index is 4.29. The van der Waals surface area contributed by atoms with Crippen LogP contribution in [0.5, 0.6) is 0 Å². The van der Waals surface area contributed by atoms with E-state index in [9.17, 15) is 0 Å². The Morgan fingerprint density at radius 1 is 1.28 bits per heavy atom. The van der Waals surface area contributed by atoms with Gasteiger partial charge in [0.15, 0.2) is 5.16 Å². The van der Waals surface area contributed by atoms with Gasteiger partial charge in [0.25, 0.3) is 0 Å². The van der Waals surface area contributed by atoms with Crippen LogP contribution in [-0.4, -0.2) is 33.1 Å². The summed E-state index contributed by atoms with van der Waals surface area (Å²) < 4.78 is 2.14. The minimum atomic E-state index is 0.858. The minimum absolute atomic E-state index is 0.858. The van der Waals surface area contributed by atoms with Gasteiger partial charge in [-0.1, -0.05) is 25.1 Å². The average Bonchev–Trinajstić information content (AvgIpc) is 2.73. The maximum Gasteiger partial charge on any atom is 0.190 e. The Morgan fingerprint density at radius 3 is 2.78 bits per heavy atom. The van der Waals surface area contributed by atoms with Crippen LogP contribution in [0.2, 0.25) is 0 Å². The van der Waals surface area contributed by atoms with Crippen molar-refractivity contribution in [1.82, 2.24) is 14.8 Å². The quantitative estimate of drug-likeness (QED) is 0.793. The molecule has 1 fully saturated rings. The predicted molar refractivity (Wildman–Crippen MR) is 74.8 cm³/mol. The van der Waals surface area contributed by atoms with E-state index >= 15 is 0 Å². The van der Waals surface area contributed by atoms with Gasteiger partial charge in [-0.05, 0) is 31.4 Å². The molecule has 0 bridgehead atoms. The number of nitrogens with zero attached hydrogens (tertiary/aromatic N) is 3. The molecule has 1 aliphatic rings. The molecule has 0 spiro atoms. The molecule has 4 nitrogen and oxygen atoms in total. The van der Waals surface area contributed by atoms with Crippen molar-refractivity contribution in [3.63, 3.8) is 0 Å². The summed E-state index contributed by atoms with van der Waals surface area (Å²) in [6.45, 7) is 3.29. The second-order valence-corrected chi connectivity index (χ2v) is 6.29. The molecule has 0 radical (unpaired) electrons. The fourth-order valence-electron chi connectivity index (χ4n) is 2.64. The summed E-state index contributed by atoms with van der Waals surface area (Å²) in [6.07, 6.45) is 8.10. The highest BCUT2D eigenvalue weighted by Gasteiger charge is 2.16. The molecule has 0 aliphatic heterocycles.